The summed E-state index contributed by atoms with van der Waals surface area (Å²) < 4.78 is 5.21. The summed E-state index contributed by atoms with van der Waals surface area (Å²) in [6.45, 7) is 6.19. The van der Waals surface area contributed by atoms with Gasteiger partial charge in [0.05, 0.1) is 19.2 Å². The minimum absolute atomic E-state index is 0.294. The summed E-state index contributed by atoms with van der Waals surface area (Å²) in [7, 11) is 1.74. The molecule has 0 saturated carbocycles. The van der Waals surface area contributed by atoms with Gasteiger partial charge in [0.1, 0.15) is 11.8 Å². The van der Waals surface area contributed by atoms with Crippen molar-refractivity contribution in [2.45, 2.75) is 38.6 Å². The Bertz CT molecular complexity index is 1050. The number of hydrogen-bond donors (Lipinski definition) is 1. The first-order valence-corrected chi connectivity index (χ1v) is 11.8. The molecule has 1 fully saturated rings. The molecule has 1 saturated heterocycles. The van der Waals surface area contributed by atoms with Crippen molar-refractivity contribution < 1.29 is 4.74 Å². The van der Waals surface area contributed by atoms with Gasteiger partial charge in [0.25, 0.3) is 0 Å². The van der Waals surface area contributed by atoms with E-state index in [9.17, 15) is 5.26 Å². The Hall–Kier alpha value is -3.02. The fourth-order valence-corrected chi connectivity index (χ4v) is 4.96. The summed E-state index contributed by atoms with van der Waals surface area (Å²) in [4.78, 5) is 18.9. The predicted octanol–water partition coefficient (Wildman–Crippen LogP) is 2.83. The third-order valence-electron chi connectivity index (χ3n) is 6.71. The van der Waals surface area contributed by atoms with E-state index in [-0.39, 0.29) is 12.2 Å². The Morgan fingerprint density at radius 3 is 2.88 bits per heavy atom. The molecule has 5 rings (SSSR count). The first-order chi connectivity index (χ1) is 16.2. The molecule has 0 amide bonds. The molecule has 8 nitrogen and oxygen atoms in total. The van der Waals surface area contributed by atoms with Crippen molar-refractivity contribution >= 4 is 23.4 Å². The first-order valence-electron chi connectivity index (χ1n) is 11.8. The van der Waals surface area contributed by atoms with Gasteiger partial charge in [-0.25, -0.2) is 4.99 Å². The maximum atomic E-state index is 9.74. The van der Waals surface area contributed by atoms with Crippen LogP contribution in [0, 0.1) is 17.2 Å². The van der Waals surface area contributed by atoms with E-state index in [4.69, 9.17) is 14.7 Å². The summed E-state index contributed by atoms with van der Waals surface area (Å²) >= 11 is 0. The molecule has 0 aliphatic carbocycles. The summed E-state index contributed by atoms with van der Waals surface area (Å²) in [6.07, 6.45) is 6.65. The van der Waals surface area contributed by atoms with E-state index >= 15 is 0 Å². The fourth-order valence-electron chi connectivity index (χ4n) is 4.96. The topological polar surface area (TPSA) is 88.6 Å². The summed E-state index contributed by atoms with van der Waals surface area (Å²) in [5, 5.41) is 13.2. The van der Waals surface area contributed by atoms with E-state index in [1.807, 2.05) is 6.21 Å². The number of anilines is 1. The summed E-state index contributed by atoms with van der Waals surface area (Å²) in [5.74, 6) is 0.633. The standard InChI is InChI=1S/C25H31N7O/c1-33-11-10-31-16-18-4-5-22(13-21(18)17-31)29-25-27-7-6-23(30-25)20-12-19(14-26)24(28-15-20)32-8-2-3-9-32/h4-5,7,12-13,19,25,29H,2-3,6,8-11,15-17H2,1H3. The second-order valence-corrected chi connectivity index (χ2v) is 8.98. The number of ether oxygens (including phenoxy) is 1. The zero-order valence-electron chi connectivity index (χ0n) is 19.2. The predicted molar refractivity (Wildman–Crippen MR) is 131 cm³/mol. The van der Waals surface area contributed by atoms with Crippen LogP contribution in [0.4, 0.5) is 5.69 Å². The molecule has 33 heavy (non-hydrogen) atoms. The van der Waals surface area contributed by atoms with Crippen LogP contribution in [0.3, 0.4) is 0 Å². The second-order valence-electron chi connectivity index (χ2n) is 8.98. The highest BCUT2D eigenvalue weighted by atomic mass is 16.5. The van der Waals surface area contributed by atoms with Gasteiger partial charge in [0, 0.05) is 63.9 Å². The largest absolute Gasteiger partial charge is 0.383 e. The van der Waals surface area contributed by atoms with Gasteiger partial charge in [0.15, 0.2) is 0 Å². The molecule has 1 aromatic rings. The van der Waals surface area contributed by atoms with Gasteiger partial charge >= 0.3 is 0 Å². The maximum Gasteiger partial charge on any atom is 0.213 e. The van der Waals surface area contributed by atoms with Crippen molar-refractivity contribution in [2.75, 3.05) is 45.2 Å². The lowest BCUT2D eigenvalue weighted by Gasteiger charge is -2.27. The Labute approximate surface area is 195 Å². The van der Waals surface area contributed by atoms with Crippen LogP contribution in [0.15, 0.2) is 44.8 Å². The van der Waals surface area contributed by atoms with E-state index in [1.54, 1.807) is 7.11 Å². The highest BCUT2D eigenvalue weighted by molar-refractivity contribution is 6.09. The van der Waals surface area contributed by atoms with Crippen LogP contribution >= 0.6 is 0 Å². The van der Waals surface area contributed by atoms with Crippen molar-refractivity contribution in [2.24, 2.45) is 20.9 Å². The van der Waals surface area contributed by atoms with E-state index in [0.717, 1.165) is 62.1 Å². The normalized spacial score (nSPS) is 24.7. The number of amidine groups is 1. The Kier molecular flexibility index (Phi) is 6.51. The van der Waals surface area contributed by atoms with Crippen molar-refractivity contribution in [3.05, 3.63) is 41.0 Å². The number of methoxy groups -OCH3 is 1. The van der Waals surface area contributed by atoms with Crippen molar-refractivity contribution in [3.63, 3.8) is 0 Å². The van der Waals surface area contributed by atoms with Crippen molar-refractivity contribution in [3.8, 4) is 6.07 Å². The highest BCUT2D eigenvalue weighted by Gasteiger charge is 2.28. The average Bonchev–Trinajstić information content (AvgIpc) is 3.52. The lowest BCUT2D eigenvalue weighted by molar-refractivity contribution is 0.147. The third-order valence-corrected chi connectivity index (χ3v) is 6.71. The summed E-state index contributed by atoms with van der Waals surface area (Å²) in [5.41, 5.74) is 5.76. The molecule has 4 aliphatic rings. The minimum atomic E-state index is -0.358. The zero-order valence-corrected chi connectivity index (χ0v) is 19.2. The third kappa shape index (κ3) is 4.85. The van der Waals surface area contributed by atoms with Gasteiger partial charge < -0.3 is 15.0 Å². The molecule has 8 heteroatoms. The van der Waals surface area contributed by atoms with Gasteiger partial charge in [0.2, 0.25) is 6.29 Å². The summed E-state index contributed by atoms with van der Waals surface area (Å²) in [6, 6.07) is 8.93. The van der Waals surface area contributed by atoms with Crippen LogP contribution in [0.5, 0.6) is 0 Å². The highest BCUT2D eigenvalue weighted by Crippen LogP contribution is 2.27. The van der Waals surface area contributed by atoms with Crippen LogP contribution in [0.2, 0.25) is 0 Å². The van der Waals surface area contributed by atoms with Gasteiger partial charge in [-0.05, 0) is 41.7 Å². The molecule has 4 heterocycles. The molecule has 0 radical (unpaired) electrons. The van der Waals surface area contributed by atoms with Crippen LogP contribution in [-0.2, 0) is 17.8 Å². The lowest BCUT2D eigenvalue weighted by atomic mass is 9.97. The molecule has 172 valence electrons. The average molecular weight is 446 g/mol. The lowest BCUT2D eigenvalue weighted by Crippen LogP contribution is -2.36. The number of nitriles is 1. The van der Waals surface area contributed by atoms with Gasteiger partial charge in [-0.3, -0.25) is 14.9 Å². The Morgan fingerprint density at radius 1 is 1.21 bits per heavy atom. The number of benzene rings is 1. The van der Waals surface area contributed by atoms with E-state index < -0.39 is 0 Å². The molecular formula is C25H31N7O. The SMILES string of the molecule is COCCN1Cc2ccc(NC3N=CCC(C4=CC(C#N)C(N5CCCC5)=NC4)=N3)cc2C1. The molecule has 4 aliphatic heterocycles. The number of fused-ring (bicyclic) bond motifs is 1. The molecule has 2 atom stereocenters. The monoisotopic (exact) mass is 445 g/mol. The van der Waals surface area contributed by atoms with Crippen LogP contribution < -0.4 is 5.32 Å². The van der Waals surface area contributed by atoms with E-state index in [2.05, 4.69) is 50.5 Å². The van der Waals surface area contributed by atoms with Crippen LogP contribution in [0.25, 0.3) is 0 Å². The molecule has 0 bridgehead atoms. The Balaban J connectivity index is 1.25. The van der Waals surface area contributed by atoms with Crippen molar-refractivity contribution in [1.82, 2.24) is 9.80 Å². The van der Waals surface area contributed by atoms with Crippen molar-refractivity contribution in [1.29, 1.82) is 5.26 Å². The van der Waals surface area contributed by atoms with Gasteiger partial charge in [-0.2, -0.15) is 5.26 Å². The molecule has 1 aromatic carbocycles. The zero-order chi connectivity index (χ0) is 22.6. The number of aliphatic imine (C=N–C) groups is 3. The smallest absolute Gasteiger partial charge is 0.213 e. The van der Waals surface area contributed by atoms with E-state index in [0.29, 0.717) is 13.0 Å². The van der Waals surface area contributed by atoms with Crippen LogP contribution in [0.1, 0.15) is 30.4 Å². The number of nitrogens with one attached hydrogen (secondary N) is 1. The van der Waals surface area contributed by atoms with Gasteiger partial charge in [-0.1, -0.05) is 12.1 Å². The minimum Gasteiger partial charge on any atom is -0.383 e. The number of nitrogens with zero attached hydrogens (tertiary/aromatic N) is 6. The Morgan fingerprint density at radius 2 is 2.06 bits per heavy atom. The number of likely N-dealkylation sites (tertiary alicyclic amines) is 1. The molecule has 0 aromatic heterocycles. The van der Waals surface area contributed by atoms with Crippen LogP contribution in [-0.4, -0.2) is 73.7 Å². The molecule has 2 unspecified atom stereocenters. The molecule has 0 spiro atoms. The number of dihydropyridines is 1. The quantitative estimate of drug-likeness (QED) is 0.727. The molecule has 1 N–H and O–H groups in total. The number of hydrogen-bond acceptors (Lipinski definition) is 8. The second kappa shape index (κ2) is 9.86. The van der Waals surface area contributed by atoms with Gasteiger partial charge in [-0.15, -0.1) is 0 Å². The maximum absolute atomic E-state index is 9.74. The number of rotatable bonds is 6. The van der Waals surface area contributed by atoms with E-state index in [1.165, 1.54) is 24.0 Å². The molecular weight excluding hydrogens is 414 g/mol. The fraction of sp³-hybridized carbons (Fsp3) is 0.520. The first kappa shape index (κ1) is 21.8.